The molecule has 0 spiro atoms. The fraction of sp³-hybridized carbons (Fsp3) is 0.0625. The first-order chi connectivity index (χ1) is 10.2. The highest BCUT2D eigenvalue weighted by Gasteiger charge is 2.17. The van der Waals surface area contributed by atoms with Crippen LogP contribution in [0.15, 0.2) is 48.5 Å². The van der Waals surface area contributed by atoms with Gasteiger partial charge in [0, 0.05) is 5.56 Å². The molecule has 1 aromatic heterocycles. The number of carbonyl (C=O) groups is 1. The molecule has 2 aromatic carbocycles. The molecule has 0 fully saturated rings. The van der Waals surface area contributed by atoms with Crippen LogP contribution in [0.2, 0.25) is 0 Å². The number of aryl methyl sites for hydroxylation is 1. The molecule has 1 heterocycles. The van der Waals surface area contributed by atoms with E-state index in [1.54, 1.807) is 16.8 Å². The molecule has 0 aliphatic rings. The van der Waals surface area contributed by atoms with Crippen LogP contribution in [0, 0.1) is 12.7 Å². The van der Waals surface area contributed by atoms with E-state index in [-0.39, 0.29) is 11.5 Å². The molecule has 0 N–H and O–H groups in total. The summed E-state index contributed by atoms with van der Waals surface area (Å²) in [5, 5.41) is 7.92. The van der Waals surface area contributed by atoms with E-state index in [1.807, 2.05) is 31.2 Å². The van der Waals surface area contributed by atoms with E-state index in [4.69, 9.17) is 0 Å². The number of benzene rings is 2. The molecule has 0 saturated heterocycles. The lowest BCUT2D eigenvalue weighted by Crippen LogP contribution is -2.02. The van der Waals surface area contributed by atoms with Gasteiger partial charge >= 0.3 is 0 Å². The molecule has 0 radical (unpaired) electrons. The average Bonchev–Trinajstić information content (AvgIpc) is 2.91. The molecule has 104 valence electrons. The second-order valence-electron chi connectivity index (χ2n) is 4.65. The molecule has 0 atom stereocenters. The molecule has 5 heteroatoms. The first kappa shape index (κ1) is 13.2. The molecule has 21 heavy (non-hydrogen) atoms. The number of para-hydroxylation sites is 1. The highest BCUT2D eigenvalue weighted by Crippen LogP contribution is 2.26. The molecule has 0 saturated carbocycles. The van der Waals surface area contributed by atoms with Crippen molar-refractivity contribution in [2.45, 2.75) is 6.92 Å². The van der Waals surface area contributed by atoms with Gasteiger partial charge in [0.2, 0.25) is 0 Å². The molecular weight excluding hydrogens is 269 g/mol. The lowest BCUT2D eigenvalue weighted by molar-refractivity contribution is 0.111. The third kappa shape index (κ3) is 2.33. The van der Waals surface area contributed by atoms with Crippen LogP contribution < -0.4 is 0 Å². The Balaban J connectivity index is 2.27. The maximum absolute atomic E-state index is 13.5. The van der Waals surface area contributed by atoms with Crippen LogP contribution in [0.25, 0.3) is 16.9 Å². The predicted octanol–water partition coefficient (Wildman–Crippen LogP) is 3.19. The largest absolute Gasteiger partial charge is 0.296 e. The van der Waals surface area contributed by atoms with Crippen molar-refractivity contribution < 1.29 is 9.18 Å². The van der Waals surface area contributed by atoms with Crippen LogP contribution in [-0.4, -0.2) is 21.3 Å². The molecule has 3 aromatic rings. The zero-order valence-corrected chi connectivity index (χ0v) is 11.3. The summed E-state index contributed by atoms with van der Waals surface area (Å²) in [6.45, 7) is 1.94. The minimum Gasteiger partial charge on any atom is -0.296 e. The summed E-state index contributed by atoms with van der Waals surface area (Å²) in [6.07, 6.45) is 0.627. The van der Waals surface area contributed by atoms with Crippen molar-refractivity contribution in [3.63, 3.8) is 0 Å². The Bertz CT molecular complexity index is 811. The van der Waals surface area contributed by atoms with Crippen LogP contribution in [0.1, 0.15) is 16.1 Å². The molecule has 0 aliphatic carbocycles. The maximum atomic E-state index is 13.5. The Morgan fingerprint density at radius 2 is 1.95 bits per heavy atom. The van der Waals surface area contributed by atoms with Gasteiger partial charge in [-0.2, -0.15) is 0 Å². The minimum absolute atomic E-state index is 0.184. The van der Waals surface area contributed by atoms with Crippen molar-refractivity contribution in [1.82, 2.24) is 15.0 Å². The monoisotopic (exact) mass is 281 g/mol. The number of rotatable bonds is 3. The van der Waals surface area contributed by atoms with Gasteiger partial charge in [0.15, 0.2) is 12.0 Å². The van der Waals surface area contributed by atoms with Crippen molar-refractivity contribution in [1.29, 1.82) is 0 Å². The molecule has 0 amide bonds. The summed E-state index contributed by atoms with van der Waals surface area (Å²) in [5.41, 5.74) is 3.02. The highest BCUT2D eigenvalue weighted by atomic mass is 19.1. The third-order valence-corrected chi connectivity index (χ3v) is 3.25. The predicted molar refractivity (Wildman–Crippen MR) is 76.9 cm³/mol. The summed E-state index contributed by atoms with van der Waals surface area (Å²) >= 11 is 0. The topological polar surface area (TPSA) is 47.8 Å². The second-order valence-corrected chi connectivity index (χ2v) is 4.65. The van der Waals surface area contributed by atoms with E-state index in [0.717, 1.165) is 11.3 Å². The smallest absolute Gasteiger partial charge is 0.172 e. The lowest BCUT2D eigenvalue weighted by atomic mass is 10.1. The first-order valence-corrected chi connectivity index (χ1v) is 6.43. The number of aromatic nitrogens is 3. The first-order valence-electron chi connectivity index (χ1n) is 6.43. The van der Waals surface area contributed by atoms with E-state index < -0.39 is 0 Å². The summed E-state index contributed by atoms with van der Waals surface area (Å²) < 4.78 is 15.0. The van der Waals surface area contributed by atoms with Gasteiger partial charge in [-0.15, -0.1) is 5.10 Å². The van der Waals surface area contributed by atoms with Crippen LogP contribution in [0.3, 0.4) is 0 Å². The van der Waals surface area contributed by atoms with Crippen LogP contribution in [0.4, 0.5) is 4.39 Å². The standard InChI is InChI=1S/C16H12FN3O/c1-11-5-2-3-8-15(11)20-16(14(10-21)18-19-20)12-6-4-7-13(17)9-12/h2-10H,1H3. The fourth-order valence-corrected chi connectivity index (χ4v) is 2.25. The molecule has 3 rings (SSSR count). The molecular formula is C16H12FN3O. The molecule has 0 bridgehead atoms. The van der Waals surface area contributed by atoms with Gasteiger partial charge < -0.3 is 0 Å². The number of nitrogens with zero attached hydrogens (tertiary/aromatic N) is 3. The van der Waals surface area contributed by atoms with Crippen LogP contribution in [0.5, 0.6) is 0 Å². The summed E-state index contributed by atoms with van der Waals surface area (Å²) in [5.74, 6) is -0.373. The number of halogens is 1. The van der Waals surface area contributed by atoms with Gasteiger partial charge in [0.25, 0.3) is 0 Å². The van der Waals surface area contributed by atoms with Gasteiger partial charge in [-0.05, 0) is 30.7 Å². The van der Waals surface area contributed by atoms with Crippen molar-refractivity contribution in [3.05, 3.63) is 65.6 Å². The molecule has 0 aliphatic heterocycles. The van der Waals surface area contributed by atoms with Gasteiger partial charge in [0.1, 0.15) is 11.5 Å². The van der Waals surface area contributed by atoms with Crippen molar-refractivity contribution in [2.75, 3.05) is 0 Å². The van der Waals surface area contributed by atoms with Gasteiger partial charge in [-0.1, -0.05) is 35.5 Å². The average molecular weight is 281 g/mol. The lowest BCUT2D eigenvalue weighted by Gasteiger charge is -2.09. The quantitative estimate of drug-likeness (QED) is 0.693. The Morgan fingerprint density at radius 1 is 1.14 bits per heavy atom. The fourth-order valence-electron chi connectivity index (χ4n) is 2.25. The highest BCUT2D eigenvalue weighted by molar-refractivity contribution is 5.84. The van der Waals surface area contributed by atoms with Gasteiger partial charge in [-0.3, -0.25) is 4.79 Å². The van der Waals surface area contributed by atoms with Crippen molar-refractivity contribution >= 4 is 6.29 Å². The Kier molecular flexibility index (Phi) is 3.31. The number of hydrogen-bond acceptors (Lipinski definition) is 3. The second kappa shape index (κ2) is 5.28. The number of aldehydes is 1. The van der Waals surface area contributed by atoms with Crippen LogP contribution >= 0.6 is 0 Å². The van der Waals surface area contributed by atoms with E-state index >= 15 is 0 Å². The van der Waals surface area contributed by atoms with E-state index in [0.29, 0.717) is 17.5 Å². The Labute approximate surface area is 120 Å². The number of carbonyl (C=O) groups excluding carboxylic acids is 1. The van der Waals surface area contributed by atoms with Gasteiger partial charge in [0.05, 0.1) is 5.69 Å². The van der Waals surface area contributed by atoms with Crippen LogP contribution in [-0.2, 0) is 0 Å². The van der Waals surface area contributed by atoms with Crippen molar-refractivity contribution in [3.8, 4) is 16.9 Å². The zero-order valence-electron chi connectivity index (χ0n) is 11.3. The normalized spacial score (nSPS) is 10.6. The summed E-state index contributed by atoms with van der Waals surface area (Å²) in [6, 6.07) is 13.6. The zero-order chi connectivity index (χ0) is 14.8. The Hall–Kier alpha value is -2.82. The van der Waals surface area contributed by atoms with E-state index in [1.165, 1.54) is 12.1 Å². The molecule has 4 nitrogen and oxygen atoms in total. The van der Waals surface area contributed by atoms with E-state index in [2.05, 4.69) is 10.3 Å². The van der Waals surface area contributed by atoms with Gasteiger partial charge in [-0.25, -0.2) is 9.07 Å². The molecule has 0 unspecified atom stereocenters. The summed E-state index contributed by atoms with van der Waals surface area (Å²) in [4.78, 5) is 11.2. The number of hydrogen-bond donors (Lipinski definition) is 0. The van der Waals surface area contributed by atoms with Crippen molar-refractivity contribution in [2.24, 2.45) is 0 Å². The summed E-state index contributed by atoms with van der Waals surface area (Å²) in [7, 11) is 0. The third-order valence-electron chi connectivity index (χ3n) is 3.25. The van der Waals surface area contributed by atoms with E-state index in [9.17, 15) is 9.18 Å². The SMILES string of the molecule is Cc1ccccc1-n1nnc(C=O)c1-c1cccc(F)c1. The maximum Gasteiger partial charge on any atom is 0.172 e. The minimum atomic E-state index is -0.373. The Morgan fingerprint density at radius 3 is 2.67 bits per heavy atom.